The van der Waals surface area contributed by atoms with E-state index in [-0.39, 0.29) is 0 Å². The van der Waals surface area contributed by atoms with Gasteiger partial charge in [-0.15, -0.1) is 0 Å². The molecule has 0 spiro atoms. The van der Waals surface area contributed by atoms with E-state index in [1.165, 1.54) is 4.90 Å². The van der Waals surface area contributed by atoms with E-state index in [0.29, 0.717) is 13.0 Å². The summed E-state index contributed by atoms with van der Waals surface area (Å²) in [6.45, 7) is 5.78. The second-order valence-electron chi connectivity index (χ2n) is 4.81. The van der Waals surface area contributed by atoms with Gasteiger partial charge in [-0.2, -0.15) is 5.26 Å². The van der Waals surface area contributed by atoms with Crippen molar-refractivity contribution in [3.05, 3.63) is 0 Å². The fourth-order valence-electron chi connectivity index (χ4n) is 1.65. The van der Waals surface area contributed by atoms with Crippen molar-refractivity contribution in [3.63, 3.8) is 0 Å². The second kappa shape index (κ2) is 4.52. The summed E-state index contributed by atoms with van der Waals surface area (Å²) in [5.41, 5.74) is -0.583. The highest BCUT2D eigenvalue weighted by atomic mass is 16.6. The van der Waals surface area contributed by atoms with Crippen LogP contribution in [0.1, 0.15) is 33.6 Å². The van der Waals surface area contributed by atoms with Crippen molar-refractivity contribution < 1.29 is 14.3 Å². The Morgan fingerprint density at radius 2 is 2.06 bits per heavy atom. The minimum Gasteiger partial charge on any atom is -0.444 e. The molecule has 1 amide bonds. The lowest BCUT2D eigenvalue weighted by molar-refractivity contribution is -0.118. The van der Waals surface area contributed by atoms with Gasteiger partial charge >= 0.3 is 6.09 Å². The number of likely N-dealkylation sites (tertiary alicyclic amines) is 1. The molecule has 1 heterocycles. The predicted molar refractivity (Wildman–Crippen MR) is 56.6 cm³/mol. The third-order valence-electron chi connectivity index (χ3n) is 2.29. The van der Waals surface area contributed by atoms with Gasteiger partial charge < -0.3 is 4.74 Å². The molecule has 1 rings (SSSR count). The number of carbonyl (C=O) groups excluding carboxylic acids is 2. The molecule has 1 aliphatic rings. The summed E-state index contributed by atoms with van der Waals surface area (Å²) >= 11 is 0. The maximum absolute atomic E-state index is 11.7. The topological polar surface area (TPSA) is 70.4 Å². The van der Waals surface area contributed by atoms with Crippen LogP contribution in [-0.2, 0) is 9.53 Å². The molecule has 0 bridgehead atoms. The molecule has 0 aromatic carbocycles. The Kier molecular flexibility index (Phi) is 3.53. The van der Waals surface area contributed by atoms with Crippen LogP contribution < -0.4 is 0 Å². The number of ketones is 1. The lowest BCUT2D eigenvalue weighted by atomic mass is 10.1. The molecule has 1 saturated heterocycles. The maximum atomic E-state index is 11.7. The van der Waals surface area contributed by atoms with Gasteiger partial charge in [0.15, 0.2) is 0 Å². The van der Waals surface area contributed by atoms with E-state index in [1.807, 2.05) is 0 Å². The molecule has 5 nitrogen and oxygen atoms in total. The molecule has 0 saturated carbocycles. The van der Waals surface area contributed by atoms with Gasteiger partial charge in [-0.1, -0.05) is 0 Å². The Bertz CT molecular complexity index is 338. The average molecular weight is 224 g/mol. The Hall–Kier alpha value is -1.57. The lowest BCUT2D eigenvalue weighted by Crippen LogP contribution is -2.43. The number of hydrogen-bond donors (Lipinski definition) is 0. The van der Waals surface area contributed by atoms with Crippen LogP contribution in [0.2, 0.25) is 0 Å². The summed E-state index contributed by atoms with van der Waals surface area (Å²) in [7, 11) is 0. The Labute approximate surface area is 95.0 Å². The van der Waals surface area contributed by atoms with Crippen LogP contribution in [0.4, 0.5) is 4.79 Å². The van der Waals surface area contributed by atoms with Gasteiger partial charge in [-0.25, -0.2) is 4.79 Å². The summed E-state index contributed by atoms with van der Waals surface area (Å²) in [5, 5.41) is 8.55. The third kappa shape index (κ3) is 2.96. The highest BCUT2D eigenvalue weighted by Gasteiger charge is 2.36. The summed E-state index contributed by atoms with van der Waals surface area (Å²) < 4.78 is 5.17. The summed E-state index contributed by atoms with van der Waals surface area (Å²) in [6, 6.07) is 0.941. The summed E-state index contributed by atoms with van der Waals surface area (Å²) in [5.74, 6) is -0.566. The van der Waals surface area contributed by atoms with Gasteiger partial charge in [-0.3, -0.25) is 9.69 Å². The van der Waals surface area contributed by atoms with Gasteiger partial charge in [0.25, 0.3) is 5.78 Å². The quantitative estimate of drug-likeness (QED) is 0.632. The molecule has 88 valence electrons. The molecule has 1 atom stereocenters. The van der Waals surface area contributed by atoms with Crippen molar-refractivity contribution in [2.45, 2.75) is 45.3 Å². The van der Waals surface area contributed by atoms with Crippen LogP contribution in [0.25, 0.3) is 0 Å². The van der Waals surface area contributed by atoms with Crippen molar-refractivity contribution in [1.82, 2.24) is 4.90 Å². The van der Waals surface area contributed by atoms with Gasteiger partial charge in [0.1, 0.15) is 17.7 Å². The SMILES string of the molecule is CC(C)(C)OC(=O)N1CCC[C@H]1C(=O)C#N. The van der Waals surface area contributed by atoms with Crippen LogP contribution in [0.3, 0.4) is 0 Å². The summed E-state index contributed by atoms with van der Waals surface area (Å²) in [6.07, 6.45) is 0.766. The van der Waals surface area contributed by atoms with Gasteiger partial charge in [-0.05, 0) is 33.6 Å². The van der Waals surface area contributed by atoms with Crippen molar-refractivity contribution >= 4 is 11.9 Å². The number of nitriles is 1. The fraction of sp³-hybridized carbons (Fsp3) is 0.727. The van der Waals surface area contributed by atoms with Crippen LogP contribution in [0.15, 0.2) is 0 Å². The minimum absolute atomic E-state index is 0.479. The number of Topliss-reactive ketones (excluding diaryl/α,β-unsaturated/α-hetero) is 1. The second-order valence-corrected chi connectivity index (χ2v) is 4.81. The zero-order valence-corrected chi connectivity index (χ0v) is 9.82. The number of amides is 1. The van der Waals surface area contributed by atoms with Crippen LogP contribution >= 0.6 is 0 Å². The molecule has 0 aromatic heterocycles. The smallest absolute Gasteiger partial charge is 0.410 e. The van der Waals surface area contributed by atoms with E-state index in [1.54, 1.807) is 26.8 Å². The molecular formula is C11H16N2O3. The van der Waals surface area contributed by atoms with Crippen molar-refractivity contribution in [1.29, 1.82) is 5.26 Å². The Morgan fingerprint density at radius 1 is 1.44 bits per heavy atom. The molecule has 5 heteroatoms. The zero-order chi connectivity index (χ0) is 12.3. The van der Waals surface area contributed by atoms with E-state index in [0.717, 1.165) is 6.42 Å². The van der Waals surface area contributed by atoms with Gasteiger partial charge in [0.2, 0.25) is 0 Å². The number of ether oxygens (including phenoxy) is 1. The molecule has 1 fully saturated rings. The van der Waals surface area contributed by atoms with E-state index >= 15 is 0 Å². The number of rotatable bonds is 1. The van der Waals surface area contributed by atoms with E-state index in [2.05, 4.69) is 0 Å². The molecule has 16 heavy (non-hydrogen) atoms. The molecule has 0 unspecified atom stereocenters. The van der Waals surface area contributed by atoms with E-state index < -0.39 is 23.5 Å². The van der Waals surface area contributed by atoms with Crippen LogP contribution in [-0.4, -0.2) is 35.0 Å². The Balaban J connectivity index is 2.69. The normalized spacial score (nSPS) is 20.4. The minimum atomic E-state index is -0.625. The largest absolute Gasteiger partial charge is 0.444 e. The molecular weight excluding hydrogens is 208 g/mol. The first kappa shape index (κ1) is 12.5. The highest BCUT2D eigenvalue weighted by molar-refractivity contribution is 5.99. The molecule has 0 radical (unpaired) electrons. The monoisotopic (exact) mass is 224 g/mol. The number of hydrogen-bond acceptors (Lipinski definition) is 4. The summed E-state index contributed by atoms with van der Waals surface area (Å²) in [4.78, 5) is 24.4. The van der Waals surface area contributed by atoms with E-state index in [4.69, 9.17) is 10.00 Å². The molecule has 0 N–H and O–H groups in total. The first-order chi connectivity index (χ1) is 7.35. The van der Waals surface area contributed by atoms with Gasteiger partial charge in [0.05, 0.1) is 0 Å². The first-order valence-corrected chi connectivity index (χ1v) is 5.29. The first-order valence-electron chi connectivity index (χ1n) is 5.29. The maximum Gasteiger partial charge on any atom is 0.410 e. The van der Waals surface area contributed by atoms with Gasteiger partial charge in [0, 0.05) is 6.54 Å². The highest BCUT2D eigenvalue weighted by Crippen LogP contribution is 2.21. The van der Waals surface area contributed by atoms with Crippen LogP contribution in [0, 0.1) is 11.3 Å². The number of nitrogens with zero attached hydrogens (tertiary/aromatic N) is 2. The standard InChI is InChI=1S/C11H16N2O3/c1-11(2,3)16-10(15)13-6-4-5-8(13)9(14)7-12/h8H,4-6H2,1-3H3/t8-/m0/s1. The zero-order valence-electron chi connectivity index (χ0n) is 9.82. The fourth-order valence-corrected chi connectivity index (χ4v) is 1.65. The number of carbonyl (C=O) groups is 2. The van der Waals surface area contributed by atoms with E-state index in [9.17, 15) is 9.59 Å². The van der Waals surface area contributed by atoms with Crippen molar-refractivity contribution in [2.75, 3.05) is 6.54 Å². The Morgan fingerprint density at radius 3 is 2.56 bits per heavy atom. The van der Waals surface area contributed by atoms with Crippen LogP contribution in [0.5, 0.6) is 0 Å². The average Bonchev–Trinajstić information content (AvgIpc) is 2.62. The molecule has 0 aromatic rings. The predicted octanol–water partition coefficient (Wildman–Crippen LogP) is 1.48. The third-order valence-corrected chi connectivity index (χ3v) is 2.29. The van der Waals surface area contributed by atoms with Crippen molar-refractivity contribution in [3.8, 4) is 6.07 Å². The lowest BCUT2D eigenvalue weighted by Gasteiger charge is -2.26. The molecule has 0 aliphatic carbocycles. The van der Waals surface area contributed by atoms with Crippen molar-refractivity contribution in [2.24, 2.45) is 0 Å². The molecule has 1 aliphatic heterocycles.